The number of nitrogens with one attached hydrogen (secondary N) is 1. The lowest BCUT2D eigenvalue weighted by atomic mass is 9.85. The second kappa shape index (κ2) is 6.39. The molecule has 0 atom stereocenters. The summed E-state index contributed by atoms with van der Waals surface area (Å²) < 4.78 is 34.5. The summed E-state index contributed by atoms with van der Waals surface area (Å²) in [6.45, 7) is 0.436. The van der Waals surface area contributed by atoms with Crippen LogP contribution in [0.5, 0.6) is 0 Å². The van der Waals surface area contributed by atoms with E-state index < -0.39 is 21.3 Å². The van der Waals surface area contributed by atoms with Crippen LogP contribution in [0.3, 0.4) is 0 Å². The molecule has 3 aromatic rings. The van der Waals surface area contributed by atoms with Crippen LogP contribution in [0.4, 0.5) is 0 Å². The molecule has 1 saturated carbocycles. The van der Waals surface area contributed by atoms with E-state index in [-0.39, 0.29) is 23.4 Å². The molecule has 0 saturated heterocycles. The first-order valence-corrected chi connectivity index (χ1v) is 11.0. The van der Waals surface area contributed by atoms with Gasteiger partial charge in [-0.05, 0) is 31.0 Å². The van der Waals surface area contributed by atoms with E-state index in [9.17, 15) is 18.0 Å². The van der Waals surface area contributed by atoms with E-state index in [2.05, 4.69) is 9.97 Å². The lowest BCUT2D eigenvalue weighted by molar-refractivity contribution is 0.314. The maximum Gasteiger partial charge on any atom is 0.328 e. The van der Waals surface area contributed by atoms with Crippen molar-refractivity contribution in [3.8, 4) is 0 Å². The molecule has 1 fully saturated rings. The van der Waals surface area contributed by atoms with Crippen molar-refractivity contribution in [3.05, 3.63) is 56.4 Å². The van der Waals surface area contributed by atoms with E-state index in [1.807, 2.05) is 0 Å². The molecule has 1 aliphatic carbocycles. The average Bonchev–Trinajstić information content (AvgIpc) is 3.06. The number of benzene rings is 1. The fourth-order valence-electron chi connectivity index (χ4n) is 3.82. The van der Waals surface area contributed by atoms with Crippen molar-refractivity contribution in [2.75, 3.05) is 6.54 Å². The number of aromatic nitrogens is 3. The van der Waals surface area contributed by atoms with E-state index in [1.54, 1.807) is 0 Å². The Labute approximate surface area is 166 Å². The molecule has 29 heavy (non-hydrogen) atoms. The Hall–Kier alpha value is -2.72. The van der Waals surface area contributed by atoms with Crippen LogP contribution < -0.4 is 11.2 Å². The number of oxazole rings is 1. The fraction of sp³-hybridized carbons (Fsp3) is 0.421. The smallest absolute Gasteiger partial charge is 0.328 e. The molecule has 1 aliphatic heterocycles. The van der Waals surface area contributed by atoms with Crippen molar-refractivity contribution in [2.24, 2.45) is 7.05 Å². The van der Waals surface area contributed by atoms with E-state index in [0.717, 1.165) is 29.1 Å². The number of rotatable bonds is 3. The minimum absolute atomic E-state index is 0.0142. The second-order valence-electron chi connectivity index (χ2n) is 7.64. The maximum atomic E-state index is 13.2. The van der Waals surface area contributed by atoms with Gasteiger partial charge in [-0.3, -0.25) is 9.36 Å². The summed E-state index contributed by atoms with van der Waals surface area (Å²) >= 11 is 0. The quantitative estimate of drug-likeness (QED) is 0.686. The zero-order chi connectivity index (χ0) is 20.3. The number of aromatic amines is 1. The molecule has 2 aliphatic rings. The minimum atomic E-state index is -3.83. The number of hydrogen-bond donors (Lipinski definition) is 1. The Balaban J connectivity index is 1.50. The number of H-pyrrole nitrogens is 1. The highest BCUT2D eigenvalue weighted by atomic mass is 32.2. The number of hydrogen-bond acceptors (Lipinski definition) is 6. The maximum absolute atomic E-state index is 13.2. The Morgan fingerprint density at radius 1 is 1.24 bits per heavy atom. The van der Waals surface area contributed by atoms with Gasteiger partial charge in [-0.15, -0.1) is 0 Å². The molecule has 10 heteroatoms. The number of nitrogens with zero attached hydrogens (tertiary/aromatic N) is 3. The Morgan fingerprint density at radius 3 is 2.76 bits per heavy atom. The highest BCUT2D eigenvalue weighted by Crippen LogP contribution is 2.37. The summed E-state index contributed by atoms with van der Waals surface area (Å²) in [4.78, 5) is 31.3. The zero-order valence-electron chi connectivity index (χ0n) is 15.8. The van der Waals surface area contributed by atoms with Crippen molar-refractivity contribution in [1.29, 1.82) is 0 Å². The van der Waals surface area contributed by atoms with Gasteiger partial charge in [-0.25, -0.2) is 18.2 Å². The summed E-state index contributed by atoms with van der Waals surface area (Å²) in [5.41, 5.74) is -0.110. The van der Waals surface area contributed by atoms with Crippen LogP contribution in [0.1, 0.15) is 42.5 Å². The molecule has 0 unspecified atom stereocenters. The summed E-state index contributed by atoms with van der Waals surface area (Å²) in [6.07, 6.45) is 3.77. The third-order valence-electron chi connectivity index (χ3n) is 5.87. The second-order valence-corrected chi connectivity index (χ2v) is 9.58. The van der Waals surface area contributed by atoms with Crippen LogP contribution in [0.2, 0.25) is 0 Å². The normalized spacial score (nSPS) is 18.0. The molecule has 1 N–H and O–H groups in total. The topological polar surface area (TPSA) is 118 Å². The molecule has 2 aromatic heterocycles. The number of fused-ring (bicyclic) bond motifs is 2. The summed E-state index contributed by atoms with van der Waals surface area (Å²) in [5.74, 6) is 1.84. The van der Waals surface area contributed by atoms with Gasteiger partial charge in [0.2, 0.25) is 10.0 Å². The van der Waals surface area contributed by atoms with Gasteiger partial charge < -0.3 is 9.40 Å². The molecule has 5 rings (SSSR count). The van der Waals surface area contributed by atoms with Crippen LogP contribution in [-0.4, -0.2) is 33.8 Å². The van der Waals surface area contributed by atoms with Crippen LogP contribution in [0.15, 0.2) is 37.1 Å². The predicted octanol–water partition coefficient (Wildman–Crippen LogP) is 1.23. The monoisotopic (exact) mass is 416 g/mol. The first-order chi connectivity index (χ1) is 13.8. The van der Waals surface area contributed by atoms with Gasteiger partial charge in [0.25, 0.3) is 5.56 Å². The van der Waals surface area contributed by atoms with Gasteiger partial charge in [0.1, 0.15) is 5.76 Å². The van der Waals surface area contributed by atoms with Gasteiger partial charge in [0, 0.05) is 25.9 Å². The largest absolute Gasteiger partial charge is 0.445 e. The Morgan fingerprint density at radius 2 is 2.03 bits per heavy atom. The van der Waals surface area contributed by atoms with Gasteiger partial charge in [0.15, 0.2) is 5.89 Å². The first-order valence-electron chi connectivity index (χ1n) is 9.56. The van der Waals surface area contributed by atoms with E-state index >= 15 is 0 Å². The minimum Gasteiger partial charge on any atom is -0.445 e. The van der Waals surface area contributed by atoms with Gasteiger partial charge in [-0.1, -0.05) is 6.42 Å². The zero-order valence-corrected chi connectivity index (χ0v) is 16.7. The lowest BCUT2D eigenvalue weighted by Gasteiger charge is -2.24. The van der Waals surface area contributed by atoms with Crippen molar-refractivity contribution >= 4 is 20.9 Å². The SMILES string of the molecule is Cn1c(=O)[nH]c2ccc(S(=O)(=O)N3CCc4oc(C5CCC5)nc4C3)cc2c1=O. The standard InChI is InChI=1S/C19H20N4O5S/c1-22-18(24)13-9-12(5-6-14(13)21-19(22)25)29(26,27)23-8-7-16-15(10-23)20-17(28-16)11-3-2-4-11/h5-6,9,11H,2-4,7-8,10H2,1H3,(H,21,25). The molecule has 0 radical (unpaired) electrons. The fourth-order valence-corrected chi connectivity index (χ4v) is 5.25. The predicted molar refractivity (Wildman–Crippen MR) is 104 cm³/mol. The molecule has 1 aromatic carbocycles. The Bertz CT molecular complexity index is 1350. The van der Waals surface area contributed by atoms with Crippen LogP contribution in [-0.2, 0) is 30.0 Å². The van der Waals surface area contributed by atoms with Crippen molar-refractivity contribution in [3.63, 3.8) is 0 Å². The summed E-state index contributed by atoms with van der Waals surface area (Å²) in [7, 11) is -2.48. The van der Waals surface area contributed by atoms with Crippen molar-refractivity contribution in [2.45, 2.75) is 43.0 Å². The van der Waals surface area contributed by atoms with Gasteiger partial charge in [0.05, 0.1) is 28.0 Å². The van der Waals surface area contributed by atoms with E-state index in [0.29, 0.717) is 23.5 Å². The van der Waals surface area contributed by atoms with Gasteiger partial charge >= 0.3 is 5.69 Å². The summed E-state index contributed by atoms with van der Waals surface area (Å²) in [5, 5.41) is 0.152. The molecule has 9 nitrogen and oxygen atoms in total. The molecule has 0 spiro atoms. The molecule has 0 amide bonds. The highest BCUT2D eigenvalue weighted by molar-refractivity contribution is 7.89. The average molecular weight is 416 g/mol. The number of sulfonamides is 1. The Kier molecular flexibility index (Phi) is 4.04. The third kappa shape index (κ3) is 2.85. The van der Waals surface area contributed by atoms with Gasteiger partial charge in [-0.2, -0.15) is 4.31 Å². The van der Waals surface area contributed by atoms with Crippen molar-refractivity contribution in [1.82, 2.24) is 18.8 Å². The van der Waals surface area contributed by atoms with Crippen molar-refractivity contribution < 1.29 is 12.8 Å². The molecule has 152 valence electrons. The highest BCUT2D eigenvalue weighted by Gasteiger charge is 2.33. The molecule has 3 heterocycles. The van der Waals surface area contributed by atoms with E-state index in [4.69, 9.17) is 4.42 Å². The molecular weight excluding hydrogens is 396 g/mol. The lowest BCUT2D eigenvalue weighted by Crippen LogP contribution is -2.36. The van der Waals surface area contributed by atoms with Crippen LogP contribution in [0.25, 0.3) is 10.9 Å². The molecule has 0 bridgehead atoms. The van der Waals surface area contributed by atoms with Crippen LogP contribution in [0, 0.1) is 0 Å². The third-order valence-corrected chi connectivity index (χ3v) is 7.71. The van der Waals surface area contributed by atoms with Crippen LogP contribution >= 0.6 is 0 Å². The molecular formula is C19H20N4O5S. The van der Waals surface area contributed by atoms with E-state index in [1.165, 1.54) is 36.0 Å². The summed E-state index contributed by atoms with van der Waals surface area (Å²) in [6, 6.07) is 4.18. The first kappa shape index (κ1) is 18.3.